The molecule has 0 bridgehead atoms. The van der Waals surface area contributed by atoms with Gasteiger partial charge in [0.1, 0.15) is 19.3 Å². The molecule has 5 heterocycles. The van der Waals surface area contributed by atoms with Crippen LogP contribution in [-0.4, -0.2) is 77.9 Å². The van der Waals surface area contributed by atoms with Crippen molar-refractivity contribution in [1.82, 2.24) is 20.2 Å². The first-order valence-corrected chi connectivity index (χ1v) is 13.2. The van der Waals surface area contributed by atoms with Gasteiger partial charge in [0, 0.05) is 25.8 Å². The number of hydrogen-bond donors (Lipinski definition) is 2. The number of rotatable bonds is 7. The van der Waals surface area contributed by atoms with Crippen LogP contribution in [0.15, 0.2) is 48.8 Å². The van der Waals surface area contributed by atoms with Crippen LogP contribution in [0.4, 0.5) is 5.69 Å². The average Bonchev–Trinajstić information content (AvgIpc) is 3.64. The average molecular weight is 504 g/mol. The molecule has 6 rings (SSSR count). The van der Waals surface area contributed by atoms with Crippen LogP contribution in [0.5, 0.6) is 11.5 Å². The highest BCUT2D eigenvalue weighted by Gasteiger charge is 2.33. The number of carbonyl (C=O) groups is 1. The summed E-state index contributed by atoms with van der Waals surface area (Å²) in [7, 11) is 0. The highest BCUT2D eigenvalue weighted by atomic mass is 16.6. The Balaban J connectivity index is 1.15. The fourth-order valence-electron chi connectivity index (χ4n) is 5.57. The molecular weight excluding hydrogens is 470 g/mol. The van der Waals surface area contributed by atoms with E-state index in [9.17, 15) is 9.90 Å². The third-order valence-electron chi connectivity index (χ3n) is 7.63. The molecule has 37 heavy (non-hydrogen) atoms. The number of benzene rings is 1. The molecule has 0 radical (unpaired) electrons. The molecule has 2 N–H and O–H groups in total. The Kier molecular flexibility index (Phi) is 6.80. The number of nitrogens with zero attached hydrogens (tertiary/aromatic N) is 4. The lowest BCUT2D eigenvalue weighted by Crippen LogP contribution is -2.48. The second kappa shape index (κ2) is 10.5. The number of ether oxygens (including phenoxy) is 2. The van der Waals surface area contributed by atoms with Gasteiger partial charge in [-0.3, -0.25) is 14.8 Å². The van der Waals surface area contributed by atoms with Crippen molar-refractivity contribution in [2.24, 2.45) is 5.92 Å². The fourth-order valence-corrected chi connectivity index (χ4v) is 5.57. The van der Waals surface area contributed by atoms with Crippen LogP contribution in [0.1, 0.15) is 30.9 Å². The summed E-state index contributed by atoms with van der Waals surface area (Å²) in [6.45, 7) is 4.98. The number of fused-ring (bicyclic) bond motifs is 2. The number of carbonyl (C=O) groups excluding carboxylic acids is 1. The number of aliphatic hydroxyl groups is 1. The summed E-state index contributed by atoms with van der Waals surface area (Å²) in [5.41, 5.74) is 3.40. The first-order chi connectivity index (χ1) is 18.1. The van der Waals surface area contributed by atoms with Crippen LogP contribution in [-0.2, 0) is 4.79 Å². The highest BCUT2D eigenvalue weighted by Crippen LogP contribution is 2.34. The van der Waals surface area contributed by atoms with Gasteiger partial charge in [0.15, 0.2) is 11.5 Å². The number of nitrogens with one attached hydrogen (secondary N) is 1. The fraction of sp³-hybridized carbons (Fsp3) is 0.464. The van der Waals surface area contributed by atoms with Crippen LogP contribution in [0.3, 0.4) is 0 Å². The molecule has 1 aromatic carbocycles. The van der Waals surface area contributed by atoms with Gasteiger partial charge >= 0.3 is 0 Å². The van der Waals surface area contributed by atoms with E-state index in [1.54, 1.807) is 6.20 Å². The van der Waals surface area contributed by atoms with E-state index in [-0.39, 0.29) is 11.8 Å². The van der Waals surface area contributed by atoms with Crippen molar-refractivity contribution in [2.75, 3.05) is 50.8 Å². The first-order valence-electron chi connectivity index (χ1n) is 13.2. The number of likely N-dealkylation sites (tertiary alicyclic amines) is 1. The smallest absolute Gasteiger partial charge is 0.225 e. The van der Waals surface area contributed by atoms with Crippen LogP contribution < -0.4 is 19.7 Å². The zero-order chi connectivity index (χ0) is 25.2. The van der Waals surface area contributed by atoms with Gasteiger partial charge in [-0.05, 0) is 68.2 Å². The van der Waals surface area contributed by atoms with Gasteiger partial charge in [-0.1, -0.05) is 6.07 Å². The summed E-state index contributed by atoms with van der Waals surface area (Å²) in [5.74, 6) is 1.15. The van der Waals surface area contributed by atoms with E-state index in [1.807, 2.05) is 42.6 Å². The number of anilines is 1. The third kappa shape index (κ3) is 5.19. The SMILES string of the molecule is O=C(N[C@H](CN1CCCC1)[C@H](O)c1ccc2c(c1)OCCO2)C1CCN(c2cnc3cccnc3c2)C1. The molecule has 3 aliphatic rings. The minimum atomic E-state index is -0.853. The predicted octanol–water partition coefficient (Wildman–Crippen LogP) is 2.54. The van der Waals surface area contributed by atoms with E-state index in [1.165, 1.54) is 0 Å². The molecule has 2 fully saturated rings. The Labute approximate surface area is 216 Å². The van der Waals surface area contributed by atoms with Gasteiger partial charge in [-0.15, -0.1) is 0 Å². The predicted molar refractivity (Wildman–Crippen MR) is 140 cm³/mol. The molecule has 2 aromatic heterocycles. The maximum Gasteiger partial charge on any atom is 0.225 e. The van der Waals surface area contributed by atoms with Crippen LogP contribution in [0.2, 0.25) is 0 Å². The minimum absolute atomic E-state index is 0.0184. The molecule has 1 unspecified atom stereocenters. The molecule has 0 aliphatic carbocycles. The summed E-state index contributed by atoms with van der Waals surface area (Å²) in [5, 5.41) is 14.6. The van der Waals surface area contributed by atoms with Crippen molar-refractivity contribution in [2.45, 2.75) is 31.4 Å². The summed E-state index contributed by atoms with van der Waals surface area (Å²) in [6.07, 6.45) is 5.81. The van der Waals surface area contributed by atoms with E-state index in [4.69, 9.17) is 9.47 Å². The monoisotopic (exact) mass is 503 g/mol. The normalized spacial score (nSPS) is 21.2. The van der Waals surface area contributed by atoms with Gasteiger partial charge in [0.2, 0.25) is 5.91 Å². The number of hydrogen-bond acceptors (Lipinski definition) is 8. The second-order valence-electron chi connectivity index (χ2n) is 10.1. The summed E-state index contributed by atoms with van der Waals surface area (Å²) in [4.78, 5) is 26.9. The molecule has 2 saturated heterocycles. The minimum Gasteiger partial charge on any atom is -0.486 e. The van der Waals surface area contributed by atoms with E-state index in [0.29, 0.717) is 37.8 Å². The molecule has 3 aliphatic heterocycles. The van der Waals surface area contributed by atoms with Crippen molar-refractivity contribution >= 4 is 22.6 Å². The number of aliphatic hydroxyl groups excluding tert-OH is 1. The lowest BCUT2D eigenvalue weighted by atomic mass is 9.99. The first kappa shape index (κ1) is 23.9. The van der Waals surface area contributed by atoms with E-state index in [0.717, 1.165) is 61.2 Å². The second-order valence-corrected chi connectivity index (χ2v) is 10.1. The Morgan fingerprint density at radius 3 is 2.76 bits per heavy atom. The van der Waals surface area contributed by atoms with E-state index >= 15 is 0 Å². The molecule has 1 amide bonds. The van der Waals surface area contributed by atoms with Crippen molar-refractivity contribution in [3.05, 3.63) is 54.4 Å². The lowest BCUT2D eigenvalue weighted by Gasteiger charge is -2.30. The topological polar surface area (TPSA) is 100 Å². The molecule has 9 nitrogen and oxygen atoms in total. The molecule has 0 saturated carbocycles. The van der Waals surface area contributed by atoms with E-state index in [2.05, 4.69) is 25.1 Å². The van der Waals surface area contributed by atoms with Crippen molar-refractivity contribution < 1.29 is 19.4 Å². The van der Waals surface area contributed by atoms with Crippen molar-refractivity contribution in [3.8, 4) is 11.5 Å². The Morgan fingerprint density at radius 2 is 1.89 bits per heavy atom. The standard InChI is InChI=1S/C28H33N5O4/c34-27(19-5-6-25-26(14-19)37-13-12-36-25)24(18-32-9-1-2-10-32)31-28(35)20-7-11-33(17-20)21-15-23-22(30-16-21)4-3-8-29-23/h3-6,8,14-16,20,24,27,34H,1-2,7,9-13,17-18H2,(H,31,35)/t20?,24-,27-/m1/s1. The highest BCUT2D eigenvalue weighted by molar-refractivity contribution is 5.81. The lowest BCUT2D eigenvalue weighted by molar-refractivity contribution is -0.126. The van der Waals surface area contributed by atoms with Gasteiger partial charge < -0.3 is 29.7 Å². The van der Waals surface area contributed by atoms with Crippen LogP contribution in [0, 0.1) is 5.92 Å². The Morgan fingerprint density at radius 1 is 1.05 bits per heavy atom. The van der Waals surface area contributed by atoms with Crippen LogP contribution in [0.25, 0.3) is 11.0 Å². The van der Waals surface area contributed by atoms with Crippen molar-refractivity contribution in [1.29, 1.82) is 0 Å². The molecule has 9 heteroatoms. The number of amides is 1. The molecule has 3 atom stereocenters. The van der Waals surface area contributed by atoms with Crippen LogP contribution >= 0.6 is 0 Å². The maximum atomic E-state index is 13.4. The zero-order valence-electron chi connectivity index (χ0n) is 20.9. The number of pyridine rings is 2. The molecule has 0 spiro atoms. The van der Waals surface area contributed by atoms with E-state index < -0.39 is 12.1 Å². The summed E-state index contributed by atoms with van der Waals surface area (Å²) >= 11 is 0. The molecule has 3 aromatic rings. The molecular formula is C28H33N5O4. The largest absolute Gasteiger partial charge is 0.486 e. The quantitative estimate of drug-likeness (QED) is 0.508. The van der Waals surface area contributed by atoms with Gasteiger partial charge in [0.25, 0.3) is 0 Å². The summed E-state index contributed by atoms with van der Waals surface area (Å²) in [6, 6.07) is 11.0. The third-order valence-corrected chi connectivity index (χ3v) is 7.63. The number of aromatic nitrogens is 2. The zero-order valence-corrected chi connectivity index (χ0v) is 20.9. The van der Waals surface area contributed by atoms with Gasteiger partial charge in [0.05, 0.1) is 34.9 Å². The summed E-state index contributed by atoms with van der Waals surface area (Å²) < 4.78 is 11.4. The Bertz CT molecular complexity index is 1260. The Hall–Kier alpha value is -3.43. The maximum absolute atomic E-state index is 13.4. The van der Waals surface area contributed by atoms with Crippen molar-refractivity contribution in [3.63, 3.8) is 0 Å². The van der Waals surface area contributed by atoms with Gasteiger partial charge in [-0.25, -0.2) is 0 Å². The van der Waals surface area contributed by atoms with Gasteiger partial charge in [-0.2, -0.15) is 0 Å². The molecule has 194 valence electrons.